The van der Waals surface area contributed by atoms with E-state index in [-0.39, 0.29) is 0 Å². The van der Waals surface area contributed by atoms with E-state index in [0.717, 1.165) is 27.1 Å². The standard InChI is InChI=1S/C14H11BrN4/c15-13-5-2-6-17-14(13)19-9-11(8-18-19)10-3-1-4-12(16)7-10/h1-9H,16H2. The molecule has 2 heterocycles. The summed E-state index contributed by atoms with van der Waals surface area (Å²) < 4.78 is 2.64. The highest BCUT2D eigenvalue weighted by atomic mass is 79.9. The summed E-state index contributed by atoms with van der Waals surface area (Å²) in [6.45, 7) is 0. The number of rotatable bonds is 2. The number of halogens is 1. The van der Waals surface area contributed by atoms with Crippen LogP contribution in [0, 0.1) is 0 Å². The fourth-order valence-corrected chi connectivity index (χ4v) is 2.29. The molecule has 3 aromatic rings. The molecule has 1 aromatic carbocycles. The molecule has 94 valence electrons. The summed E-state index contributed by atoms with van der Waals surface area (Å²) in [4.78, 5) is 4.30. The second kappa shape index (κ2) is 4.85. The van der Waals surface area contributed by atoms with Gasteiger partial charge in [0.2, 0.25) is 0 Å². The molecule has 19 heavy (non-hydrogen) atoms. The predicted molar refractivity (Wildman–Crippen MR) is 78.9 cm³/mol. The lowest BCUT2D eigenvalue weighted by molar-refractivity contribution is 0.842. The SMILES string of the molecule is Nc1cccc(-c2cnn(-c3ncccc3Br)c2)c1. The first-order chi connectivity index (χ1) is 9.24. The Morgan fingerprint density at radius 3 is 2.79 bits per heavy atom. The van der Waals surface area contributed by atoms with Crippen molar-refractivity contribution in [3.05, 3.63) is 59.5 Å². The molecular formula is C14H11BrN4. The van der Waals surface area contributed by atoms with Gasteiger partial charge in [-0.05, 0) is 45.8 Å². The van der Waals surface area contributed by atoms with Gasteiger partial charge in [0.25, 0.3) is 0 Å². The van der Waals surface area contributed by atoms with Crippen molar-refractivity contribution in [3.8, 4) is 16.9 Å². The van der Waals surface area contributed by atoms with Gasteiger partial charge in [-0.1, -0.05) is 12.1 Å². The Morgan fingerprint density at radius 1 is 1.11 bits per heavy atom. The zero-order valence-corrected chi connectivity index (χ0v) is 11.6. The van der Waals surface area contributed by atoms with Crippen molar-refractivity contribution in [2.24, 2.45) is 0 Å². The summed E-state index contributed by atoms with van der Waals surface area (Å²) in [5.74, 6) is 0.762. The number of nitrogen functional groups attached to an aromatic ring is 1. The van der Waals surface area contributed by atoms with Gasteiger partial charge < -0.3 is 5.73 Å². The van der Waals surface area contributed by atoms with Gasteiger partial charge in [0.15, 0.2) is 5.82 Å². The molecule has 4 nitrogen and oxygen atoms in total. The van der Waals surface area contributed by atoms with Gasteiger partial charge in [0, 0.05) is 23.6 Å². The molecule has 0 bridgehead atoms. The zero-order valence-electron chi connectivity index (χ0n) is 9.99. The number of nitrogens with zero attached hydrogens (tertiary/aromatic N) is 3. The normalized spacial score (nSPS) is 10.6. The summed E-state index contributed by atoms with van der Waals surface area (Å²) in [6, 6.07) is 11.5. The van der Waals surface area contributed by atoms with Crippen LogP contribution in [-0.4, -0.2) is 14.8 Å². The van der Waals surface area contributed by atoms with E-state index in [2.05, 4.69) is 26.0 Å². The molecule has 2 aromatic heterocycles. The van der Waals surface area contributed by atoms with Crippen LogP contribution in [0.15, 0.2) is 59.5 Å². The van der Waals surface area contributed by atoms with Gasteiger partial charge in [0.1, 0.15) is 0 Å². The molecule has 0 aliphatic heterocycles. The molecule has 0 aliphatic rings. The highest BCUT2D eigenvalue weighted by Crippen LogP contribution is 2.23. The van der Waals surface area contributed by atoms with Crippen LogP contribution < -0.4 is 5.73 Å². The maximum absolute atomic E-state index is 5.79. The topological polar surface area (TPSA) is 56.7 Å². The van der Waals surface area contributed by atoms with Crippen molar-refractivity contribution in [2.45, 2.75) is 0 Å². The predicted octanol–water partition coefficient (Wildman–Crippen LogP) is 3.28. The minimum atomic E-state index is 0.740. The number of nitrogens with two attached hydrogens (primary N) is 1. The van der Waals surface area contributed by atoms with E-state index in [1.165, 1.54) is 0 Å². The maximum Gasteiger partial charge on any atom is 0.167 e. The monoisotopic (exact) mass is 314 g/mol. The van der Waals surface area contributed by atoms with Crippen molar-refractivity contribution >= 4 is 21.6 Å². The Kier molecular flexibility index (Phi) is 3.05. The van der Waals surface area contributed by atoms with Crippen LogP contribution in [0.2, 0.25) is 0 Å². The maximum atomic E-state index is 5.79. The molecule has 0 spiro atoms. The fraction of sp³-hybridized carbons (Fsp3) is 0. The number of pyridine rings is 1. The quantitative estimate of drug-likeness (QED) is 0.738. The van der Waals surface area contributed by atoms with Gasteiger partial charge in [-0.25, -0.2) is 9.67 Å². The van der Waals surface area contributed by atoms with Crippen LogP contribution in [0.3, 0.4) is 0 Å². The molecule has 0 fully saturated rings. The summed E-state index contributed by atoms with van der Waals surface area (Å²) in [5.41, 5.74) is 8.58. The van der Waals surface area contributed by atoms with Gasteiger partial charge in [-0.2, -0.15) is 5.10 Å². The van der Waals surface area contributed by atoms with Crippen LogP contribution in [0.4, 0.5) is 5.69 Å². The average molecular weight is 315 g/mol. The molecule has 0 saturated heterocycles. The molecular weight excluding hydrogens is 304 g/mol. The van der Waals surface area contributed by atoms with Gasteiger partial charge >= 0.3 is 0 Å². The lowest BCUT2D eigenvalue weighted by atomic mass is 10.1. The van der Waals surface area contributed by atoms with Gasteiger partial charge in [-0.15, -0.1) is 0 Å². The Labute approximate surface area is 119 Å². The number of aromatic nitrogens is 3. The van der Waals surface area contributed by atoms with Gasteiger partial charge in [0.05, 0.1) is 10.7 Å². The average Bonchev–Trinajstić information content (AvgIpc) is 2.89. The van der Waals surface area contributed by atoms with E-state index in [4.69, 9.17) is 5.73 Å². The Morgan fingerprint density at radius 2 is 2.00 bits per heavy atom. The minimum absolute atomic E-state index is 0.740. The number of hydrogen-bond acceptors (Lipinski definition) is 3. The van der Waals surface area contributed by atoms with Crippen LogP contribution >= 0.6 is 15.9 Å². The molecule has 0 unspecified atom stereocenters. The lowest BCUT2D eigenvalue weighted by Crippen LogP contribution is -1.97. The fourth-order valence-electron chi connectivity index (χ4n) is 1.85. The van der Waals surface area contributed by atoms with E-state index in [0.29, 0.717) is 0 Å². The summed E-state index contributed by atoms with van der Waals surface area (Å²) in [6.07, 6.45) is 5.47. The molecule has 0 aliphatic carbocycles. The third-order valence-electron chi connectivity index (χ3n) is 2.76. The van der Waals surface area contributed by atoms with Crippen LogP contribution in [0.25, 0.3) is 16.9 Å². The zero-order chi connectivity index (χ0) is 13.2. The van der Waals surface area contributed by atoms with E-state index in [9.17, 15) is 0 Å². The van der Waals surface area contributed by atoms with Gasteiger partial charge in [-0.3, -0.25) is 0 Å². The lowest BCUT2D eigenvalue weighted by Gasteiger charge is -2.02. The summed E-state index contributed by atoms with van der Waals surface area (Å²) in [5, 5.41) is 4.34. The van der Waals surface area contributed by atoms with Crippen LogP contribution in [0.1, 0.15) is 0 Å². The molecule has 0 amide bonds. The van der Waals surface area contributed by atoms with E-state index < -0.39 is 0 Å². The van der Waals surface area contributed by atoms with Crippen molar-refractivity contribution in [1.82, 2.24) is 14.8 Å². The highest BCUT2D eigenvalue weighted by molar-refractivity contribution is 9.10. The smallest absolute Gasteiger partial charge is 0.167 e. The molecule has 5 heteroatoms. The van der Waals surface area contributed by atoms with Crippen molar-refractivity contribution in [3.63, 3.8) is 0 Å². The molecule has 2 N–H and O–H groups in total. The number of benzene rings is 1. The summed E-state index contributed by atoms with van der Waals surface area (Å²) in [7, 11) is 0. The molecule has 3 rings (SSSR count). The summed E-state index contributed by atoms with van der Waals surface area (Å²) >= 11 is 3.47. The first-order valence-corrected chi connectivity index (χ1v) is 6.55. The van der Waals surface area contributed by atoms with Crippen LogP contribution in [-0.2, 0) is 0 Å². The number of anilines is 1. The molecule has 0 atom stereocenters. The second-order valence-corrected chi connectivity index (χ2v) is 4.96. The third kappa shape index (κ3) is 2.37. The molecule has 0 radical (unpaired) electrons. The minimum Gasteiger partial charge on any atom is -0.399 e. The Bertz CT molecular complexity index is 721. The highest BCUT2D eigenvalue weighted by Gasteiger charge is 2.07. The third-order valence-corrected chi connectivity index (χ3v) is 3.38. The van der Waals surface area contributed by atoms with E-state index in [1.54, 1.807) is 17.1 Å². The second-order valence-electron chi connectivity index (χ2n) is 4.11. The van der Waals surface area contributed by atoms with E-state index in [1.807, 2.05) is 42.6 Å². The largest absolute Gasteiger partial charge is 0.399 e. The van der Waals surface area contributed by atoms with Crippen molar-refractivity contribution < 1.29 is 0 Å². The first-order valence-electron chi connectivity index (χ1n) is 5.75. The first kappa shape index (κ1) is 11.9. The van der Waals surface area contributed by atoms with Crippen LogP contribution in [0.5, 0.6) is 0 Å². The Balaban J connectivity index is 2.03. The van der Waals surface area contributed by atoms with E-state index >= 15 is 0 Å². The van der Waals surface area contributed by atoms with Crippen molar-refractivity contribution in [1.29, 1.82) is 0 Å². The number of hydrogen-bond donors (Lipinski definition) is 1. The molecule has 0 saturated carbocycles. The Hall–Kier alpha value is -2.14. The van der Waals surface area contributed by atoms with Crippen molar-refractivity contribution in [2.75, 3.05) is 5.73 Å².